The Bertz CT molecular complexity index is 326. The van der Waals surface area contributed by atoms with Crippen LogP contribution in [0.5, 0.6) is 0 Å². The minimum absolute atomic E-state index is 0.424. The van der Waals surface area contributed by atoms with Crippen LogP contribution in [0.2, 0.25) is 0 Å². The first-order chi connectivity index (χ1) is 7.27. The number of aromatic nitrogens is 1. The Balaban J connectivity index is 1.99. The standard InChI is InChI=1S/C11H15BrN2O/c1-8(9-4-6-15-7-9)14-10-3-2-5-13-11(10)12/h2-3,5,8-9,14H,4,6-7H2,1H3. The van der Waals surface area contributed by atoms with E-state index in [0.717, 1.165) is 29.9 Å². The van der Waals surface area contributed by atoms with Crippen LogP contribution in [0.25, 0.3) is 0 Å². The van der Waals surface area contributed by atoms with E-state index in [4.69, 9.17) is 4.74 Å². The van der Waals surface area contributed by atoms with Gasteiger partial charge in [0, 0.05) is 24.8 Å². The lowest BCUT2D eigenvalue weighted by Gasteiger charge is -2.20. The van der Waals surface area contributed by atoms with Gasteiger partial charge in [0.15, 0.2) is 0 Å². The molecule has 0 aliphatic carbocycles. The minimum atomic E-state index is 0.424. The first kappa shape index (κ1) is 10.9. The van der Waals surface area contributed by atoms with Crippen molar-refractivity contribution in [1.82, 2.24) is 4.98 Å². The first-order valence-electron chi connectivity index (χ1n) is 5.22. The summed E-state index contributed by atoms with van der Waals surface area (Å²) in [4.78, 5) is 4.18. The summed E-state index contributed by atoms with van der Waals surface area (Å²) in [6, 6.07) is 4.39. The van der Waals surface area contributed by atoms with Crippen molar-refractivity contribution in [3.05, 3.63) is 22.9 Å². The zero-order valence-electron chi connectivity index (χ0n) is 8.74. The SMILES string of the molecule is CC(Nc1cccnc1Br)C1CCOC1. The smallest absolute Gasteiger partial charge is 0.129 e. The Kier molecular flexibility index (Phi) is 3.59. The van der Waals surface area contributed by atoms with Crippen LogP contribution in [0, 0.1) is 5.92 Å². The molecular weight excluding hydrogens is 256 g/mol. The maximum Gasteiger partial charge on any atom is 0.129 e. The molecule has 0 radical (unpaired) electrons. The Morgan fingerprint density at radius 3 is 3.20 bits per heavy atom. The predicted molar refractivity (Wildman–Crippen MR) is 63.9 cm³/mol. The highest BCUT2D eigenvalue weighted by molar-refractivity contribution is 9.10. The second-order valence-electron chi connectivity index (χ2n) is 3.90. The molecular formula is C11H15BrN2O. The normalized spacial score (nSPS) is 22.7. The van der Waals surface area contributed by atoms with Crippen molar-refractivity contribution in [3.8, 4) is 0 Å². The zero-order chi connectivity index (χ0) is 10.7. The number of ether oxygens (including phenoxy) is 1. The molecule has 1 fully saturated rings. The highest BCUT2D eigenvalue weighted by atomic mass is 79.9. The number of nitrogens with zero attached hydrogens (tertiary/aromatic N) is 1. The molecule has 0 amide bonds. The quantitative estimate of drug-likeness (QED) is 0.858. The van der Waals surface area contributed by atoms with E-state index in [2.05, 4.69) is 33.2 Å². The van der Waals surface area contributed by atoms with Gasteiger partial charge >= 0.3 is 0 Å². The summed E-state index contributed by atoms with van der Waals surface area (Å²) in [7, 11) is 0. The Hall–Kier alpha value is -0.610. The van der Waals surface area contributed by atoms with Crippen LogP contribution in [0.1, 0.15) is 13.3 Å². The van der Waals surface area contributed by atoms with Gasteiger partial charge in [0.1, 0.15) is 4.60 Å². The highest BCUT2D eigenvalue weighted by Crippen LogP contribution is 2.23. The van der Waals surface area contributed by atoms with E-state index in [9.17, 15) is 0 Å². The molecule has 0 saturated carbocycles. The van der Waals surface area contributed by atoms with E-state index in [1.807, 2.05) is 12.1 Å². The molecule has 15 heavy (non-hydrogen) atoms. The number of hydrogen-bond acceptors (Lipinski definition) is 3. The molecule has 1 saturated heterocycles. The van der Waals surface area contributed by atoms with E-state index in [1.165, 1.54) is 0 Å². The fraction of sp³-hybridized carbons (Fsp3) is 0.545. The van der Waals surface area contributed by atoms with Crippen LogP contribution < -0.4 is 5.32 Å². The molecule has 2 rings (SSSR count). The van der Waals surface area contributed by atoms with Crippen molar-refractivity contribution >= 4 is 21.6 Å². The van der Waals surface area contributed by atoms with E-state index in [1.54, 1.807) is 6.20 Å². The summed E-state index contributed by atoms with van der Waals surface area (Å²) in [5.74, 6) is 0.608. The van der Waals surface area contributed by atoms with Gasteiger partial charge in [-0.15, -0.1) is 0 Å². The Morgan fingerprint density at radius 1 is 1.67 bits per heavy atom. The van der Waals surface area contributed by atoms with Crippen LogP contribution in [0.15, 0.2) is 22.9 Å². The molecule has 1 N–H and O–H groups in total. The fourth-order valence-electron chi connectivity index (χ4n) is 1.80. The third-order valence-electron chi connectivity index (χ3n) is 2.81. The number of anilines is 1. The number of halogens is 1. The van der Waals surface area contributed by atoms with Crippen molar-refractivity contribution in [2.75, 3.05) is 18.5 Å². The Morgan fingerprint density at radius 2 is 2.53 bits per heavy atom. The van der Waals surface area contributed by atoms with Gasteiger partial charge in [-0.3, -0.25) is 0 Å². The van der Waals surface area contributed by atoms with E-state index in [0.29, 0.717) is 12.0 Å². The second-order valence-corrected chi connectivity index (χ2v) is 4.65. The summed E-state index contributed by atoms with van der Waals surface area (Å²) in [6.07, 6.45) is 2.92. The summed E-state index contributed by atoms with van der Waals surface area (Å²) in [5.41, 5.74) is 1.05. The monoisotopic (exact) mass is 270 g/mol. The van der Waals surface area contributed by atoms with Crippen molar-refractivity contribution < 1.29 is 4.74 Å². The molecule has 1 aromatic rings. The summed E-state index contributed by atoms with van der Waals surface area (Å²) in [6.45, 7) is 3.95. The summed E-state index contributed by atoms with van der Waals surface area (Å²) >= 11 is 3.43. The molecule has 82 valence electrons. The van der Waals surface area contributed by atoms with E-state index in [-0.39, 0.29) is 0 Å². The van der Waals surface area contributed by atoms with Gasteiger partial charge in [-0.05, 0) is 41.4 Å². The van der Waals surface area contributed by atoms with Crippen LogP contribution >= 0.6 is 15.9 Å². The van der Waals surface area contributed by atoms with Gasteiger partial charge < -0.3 is 10.1 Å². The minimum Gasteiger partial charge on any atom is -0.381 e. The highest BCUT2D eigenvalue weighted by Gasteiger charge is 2.22. The van der Waals surface area contributed by atoms with Gasteiger partial charge in [-0.25, -0.2) is 4.98 Å². The molecule has 0 spiro atoms. The van der Waals surface area contributed by atoms with Gasteiger partial charge in [-0.1, -0.05) is 0 Å². The van der Waals surface area contributed by atoms with Gasteiger partial charge in [-0.2, -0.15) is 0 Å². The third-order valence-corrected chi connectivity index (χ3v) is 3.45. The van der Waals surface area contributed by atoms with Crippen molar-refractivity contribution in [3.63, 3.8) is 0 Å². The number of hydrogen-bond donors (Lipinski definition) is 1. The van der Waals surface area contributed by atoms with E-state index >= 15 is 0 Å². The second kappa shape index (κ2) is 4.94. The van der Waals surface area contributed by atoms with Crippen LogP contribution in [0.4, 0.5) is 5.69 Å². The number of rotatable bonds is 3. The lowest BCUT2D eigenvalue weighted by atomic mass is 10.0. The topological polar surface area (TPSA) is 34.2 Å². The molecule has 0 aromatic carbocycles. The number of pyridine rings is 1. The maximum absolute atomic E-state index is 5.38. The van der Waals surface area contributed by atoms with Crippen molar-refractivity contribution in [2.24, 2.45) is 5.92 Å². The Labute approximate surface area is 98.4 Å². The average molecular weight is 271 g/mol. The lowest BCUT2D eigenvalue weighted by Crippen LogP contribution is -2.26. The first-order valence-corrected chi connectivity index (χ1v) is 6.01. The summed E-state index contributed by atoms with van der Waals surface area (Å²) < 4.78 is 6.25. The molecule has 1 aliphatic rings. The predicted octanol–water partition coefficient (Wildman–Crippen LogP) is 2.68. The maximum atomic E-state index is 5.38. The average Bonchev–Trinajstić information content (AvgIpc) is 2.74. The molecule has 4 heteroatoms. The molecule has 0 bridgehead atoms. The number of nitrogens with one attached hydrogen (secondary N) is 1. The van der Waals surface area contributed by atoms with E-state index < -0.39 is 0 Å². The molecule has 3 nitrogen and oxygen atoms in total. The molecule has 2 unspecified atom stereocenters. The van der Waals surface area contributed by atoms with Crippen LogP contribution in [-0.2, 0) is 4.74 Å². The van der Waals surface area contributed by atoms with Gasteiger partial charge in [0.05, 0.1) is 12.3 Å². The van der Waals surface area contributed by atoms with Crippen LogP contribution in [-0.4, -0.2) is 24.2 Å². The molecule has 2 atom stereocenters. The summed E-state index contributed by atoms with van der Waals surface area (Å²) in [5, 5.41) is 3.46. The third kappa shape index (κ3) is 2.69. The lowest BCUT2D eigenvalue weighted by molar-refractivity contribution is 0.183. The molecule has 1 aromatic heterocycles. The molecule has 1 aliphatic heterocycles. The van der Waals surface area contributed by atoms with Gasteiger partial charge in [0.2, 0.25) is 0 Å². The largest absolute Gasteiger partial charge is 0.381 e. The van der Waals surface area contributed by atoms with Gasteiger partial charge in [0.25, 0.3) is 0 Å². The van der Waals surface area contributed by atoms with Crippen molar-refractivity contribution in [2.45, 2.75) is 19.4 Å². The molecule has 2 heterocycles. The zero-order valence-corrected chi connectivity index (χ0v) is 10.3. The van der Waals surface area contributed by atoms with Crippen molar-refractivity contribution in [1.29, 1.82) is 0 Å². The fourth-order valence-corrected chi connectivity index (χ4v) is 2.17. The van der Waals surface area contributed by atoms with Crippen LogP contribution in [0.3, 0.4) is 0 Å².